The van der Waals surface area contributed by atoms with Crippen molar-refractivity contribution in [3.05, 3.63) is 65.2 Å². The molecule has 2 amide bonds. The number of hydrogen-bond donors (Lipinski definition) is 1. The Bertz CT molecular complexity index is 1070. The zero-order valence-corrected chi connectivity index (χ0v) is 21.0. The molecule has 0 unspecified atom stereocenters. The third-order valence-corrected chi connectivity index (χ3v) is 6.62. The van der Waals surface area contributed by atoms with Gasteiger partial charge in [-0.1, -0.05) is 61.9 Å². The van der Waals surface area contributed by atoms with Crippen molar-refractivity contribution in [3.63, 3.8) is 0 Å². The van der Waals surface area contributed by atoms with Crippen LogP contribution in [0.1, 0.15) is 43.9 Å². The van der Waals surface area contributed by atoms with E-state index in [2.05, 4.69) is 5.32 Å². The first kappa shape index (κ1) is 26.4. The smallest absolute Gasteiger partial charge is 0.244 e. The zero-order chi connectivity index (χ0) is 24.6. The largest absolute Gasteiger partial charge is 0.355 e. The van der Waals surface area contributed by atoms with Crippen molar-refractivity contribution in [2.75, 3.05) is 23.7 Å². The lowest BCUT2D eigenvalue weighted by Crippen LogP contribution is -2.52. The first-order valence-corrected chi connectivity index (χ1v) is 13.1. The van der Waals surface area contributed by atoms with Gasteiger partial charge < -0.3 is 10.2 Å². The molecule has 2 rings (SSSR count). The molecule has 0 saturated carbocycles. The average Bonchev–Trinajstić information content (AvgIpc) is 2.76. The molecule has 0 bridgehead atoms. The van der Waals surface area contributed by atoms with Crippen LogP contribution in [0.25, 0.3) is 0 Å². The quantitative estimate of drug-likeness (QED) is 0.543. The van der Waals surface area contributed by atoms with Crippen LogP contribution in [0.3, 0.4) is 0 Å². The predicted molar refractivity (Wildman–Crippen MR) is 133 cm³/mol. The molecule has 0 radical (unpaired) electrons. The highest BCUT2D eigenvalue weighted by atomic mass is 32.2. The Hall–Kier alpha value is -2.87. The molecular weight excluding hydrogens is 438 g/mol. The Balaban J connectivity index is 2.47. The number of anilines is 1. The summed E-state index contributed by atoms with van der Waals surface area (Å²) in [6, 6.07) is 14.2. The van der Waals surface area contributed by atoms with Crippen LogP contribution in [0.4, 0.5) is 5.69 Å². The van der Waals surface area contributed by atoms with Gasteiger partial charge in [0.1, 0.15) is 12.6 Å². The van der Waals surface area contributed by atoms with Crippen molar-refractivity contribution >= 4 is 27.5 Å². The number of benzene rings is 2. The van der Waals surface area contributed by atoms with Gasteiger partial charge in [0.05, 0.1) is 11.9 Å². The number of nitrogens with one attached hydrogen (secondary N) is 1. The molecule has 0 heterocycles. The van der Waals surface area contributed by atoms with Crippen LogP contribution >= 0.6 is 0 Å². The first-order chi connectivity index (χ1) is 15.6. The summed E-state index contributed by atoms with van der Waals surface area (Å²) < 4.78 is 26.6. The Labute approximate surface area is 197 Å². The average molecular weight is 474 g/mol. The highest BCUT2D eigenvalue weighted by molar-refractivity contribution is 7.92. The zero-order valence-electron chi connectivity index (χ0n) is 20.2. The van der Waals surface area contributed by atoms with E-state index in [4.69, 9.17) is 0 Å². The summed E-state index contributed by atoms with van der Waals surface area (Å²) in [6.07, 6.45) is 2.13. The second-order valence-electron chi connectivity index (χ2n) is 8.08. The second-order valence-corrected chi connectivity index (χ2v) is 9.99. The summed E-state index contributed by atoms with van der Waals surface area (Å²) in [7, 11) is -3.74. The number of likely N-dealkylation sites (N-methyl/N-ethyl adjacent to an activating group) is 1. The monoisotopic (exact) mass is 473 g/mol. The molecule has 0 fully saturated rings. The molecule has 0 aliphatic heterocycles. The normalized spacial score (nSPS) is 12.2. The maximum absolute atomic E-state index is 13.6. The molecule has 1 atom stereocenters. The van der Waals surface area contributed by atoms with E-state index in [-0.39, 0.29) is 19.0 Å². The molecule has 0 spiro atoms. The number of carbonyl (C=O) groups is 2. The van der Waals surface area contributed by atoms with Crippen LogP contribution in [-0.4, -0.2) is 50.5 Å². The minimum Gasteiger partial charge on any atom is -0.355 e. The topological polar surface area (TPSA) is 86.8 Å². The van der Waals surface area contributed by atoms with E-state index in [1.807, 2.05) is 64.1 Å². The van der Waals surface area contributed by atoms with Crippen LogP contribution in [-0.2, 0) is 32.6 Å². The summed E-state index contributed by atoms with van der Waals surface area (Å²) >= 11 is 0. The summed E-state index contributed by atoms with van der Waals surface area (Å²) in [5, 5.41) is 2.80. The number of sulfonamides is 1. The number of nitrogens with zero attached hydrogens (tertiary/aromatic N) is 2. The van der Waals surface area contributed by atoms with Crippen molar-refractivity contribution in [3.8, 4) is 0 Å². The number of aryl methyl sites for hydroxylation is 2. The van der Waals surface area contributed by atoms with Crippen molar-refractivity contribution in [2.45, 2.75) is 53.1 Å². The molecule has 2 aromatic carbocycles. The highest BCUT2D eigenvalue weighted by Crippen LogP contribution is 2.24. The van der Waals surface area contributed by atoms with Gasteiger partial charge in [0, 0.05) is 13.1 Å². The number of hydrogen-bond acceptors (Lipinski definition) is 4. The van der Waals surface area contributed by atoms with Crippen molar-refractivity contribution in [2.24, 2.45) is 0 Å². The molecule has 0 aliphatic carbocycles. The van der Waals surface area contributed by atoms with E-state index < -0.39 is 22.0 Å². The second kappa shape index (κ2) is 11.8. The fourth-order valence-electron chi connectivity index (χ4n) is 3.87. The van der Waals surface area contributed by atoms with Gasteiger partial charge in [-0.15, -0.1) is 0 Å². The first-order valence-electron chi connectivity index (χ1n) is 11.3. The summed E-state index contributed by atoms with van der Waals surface area (Å²) in [5.74, 6) is -0.674. The SMILES string of the molecule is CCNC(=O)[C@@H](CC)N(Cc1cccc(C)c1)C(=O)CN(c1ccccc1CC)S(C)(=O)=O. The molecule has 1 N–H and O–H groups in total. The van der Waals surface area contributed by atoms with Crippen LogP contribution in [0, 0.1) is 6.92 Å². The number of rotatable bonds is 11. The lowest BCUT2D eigenvalue weighted by Gasteiger charge is -2.33. The molecule has 33 heavy (non-hydrogen) atoms. The summed E-state index contributed by atoms with van der Waals surface area (Å²) in [5.41, 5.74) is 3.24. The lowest BCUT2D eigenvalue weighted by molar-refractivity contribution is -0.140. The third-order valence-electron chi connectivity index (χ3n) is 5.49. The van der Waals surface area contributed by atoms with Gasteiger partial charge in [0.2, 0.25) is 21.8 Å². The van der Waals surface area contributed by atoms with E-state index in [9.17, 15) is 18.0 Å². The molecule has 8 heteroatoms. The van der Waals surface area contributed by atoms with E-state index in [1.54, 1.807) is 12.1 Å². The molecule has 0 saturated heterocycles. The third kappa shape index (κ3) is 7.05. The summed E-state index contributed by atoms with van der Waals surface area (Å²) in [6.45, 7) is 7.85. The van der Waals surface area contributed by atoms with E-state index in [0.29, 0.717) is 25.1 Å². The Morgan fingerprint density at radius 3 is 2.30 bits per heavy atom. The van der Waals surface area contributed by atoms with Gasteiger partial charge >= 0.3 is 0 Å². The van der Waals surface area contributed by atoms with Crippen LogP contribution < -0.4 is 9.62 Å². The number of amides is 2. The van der Waals surface area contributed by atoms with Gasteiger partial charge in [-0.3, -0.25) is 13.9 Å². The minimum atomic E-state index is -3.74. The maximum Gasteiger partial charge on any atom is 0.244 e. The summed E-state index contributed by atoms with van der Waals surface area (Å²) in [4.78, 5) is 27.9. The van der Waals surface area contributed by atoms with Crippen molar-refractivity contribution < 1.29 is 18.0 Å². The van der Waals surface area contributed by atoms with Crippen molar-refractivity contribution in [1.29, 1.82) is 0 Å². The van der Waals surface area contributed by atoms with Gasteiger partial charge in [-0.25, -0.2) is 8.42 Å². The standard InChI is InChI=1S/C25H35N3O4S/c1-6-21-14-9-10-15-23(21)28(33(5,31)32)18-24(29)27(22(7-2)25(30)26-8-3)17-20-13-11-12-19(4)16-20/h9-16,22H,6-8,17-18H2,1-5H3,(H,26,30)/t22-/m1/s1. The van der Waals surface area contributed by atoms with E-state index in [0.717, 1.165) is 27.3 Å². The molecule has 7 nitrogen and oxygen atoms in total. The van der Waals surface area contributed by atoms with Gasteiger partial charge in [-0.2, -0.15) is 0 Å². The predicted octanol–water partition coefficient (Wildman–Crippen LogP) is 3.27. The fraction of sp³-hybridized carbons (Fsp3) is 0.440. The molecule has 2 aromatic rings. The van der Waals surface area contributed by atoms with Crippen LogP contribution in [0.2, 0.25) is 0 Å². The Morgan fingerprint density at radius 1 is 1.03 bits per heavy atom. The molecular formula is C25H35N3O4S. The van der Waals surface area contributed by atoms with Gasteiger partial charge in [0.25, 0.3) is 0 Å². The van der Waals surface area contributed by atoms with Crippen LogP contribution in [0.5, 0.6) is 0 Å². The molecule has 180 valence electrons. The van der Waals surface area contributed by atoms with E-state index >= 15 is 0 Å². The number of carbonyl (C=O) groups excluding carboxylic acids is 2. The Kier molecular flexibility index (Phi) is 9.46. The lowest BCUT2D eigenvalue weighted by atomic mass is 10.1. The molecule has 0 aliphatic rings. The number of para-hydroxylation sites is 1. The fourth-order valence-corrected chi connectivity index (χ4v) is 4.75. The molecule has 0 aromatic heterocycles. The van der Waals surface area contributed by atoms with Gasteiger partial charge in [0.15, 0.2) is 0 Å². The van der Waals surface area contributed by atoms with E-state index in [1.165, 1.54) is 4.90 Å². The Morgan fingerprint density at radius 2 is 1.73 bits per heavy atom. The minimum absolute atomic E-state index is 0.211. The van der Waals surface area contributed by atoms with Crippen molar-refractivity contribution in [1.82, 2.24) is 10.2 Å². The van der Waals surface area contributed by atoms with Crippen LogP contribution in [0.15, 0.2) is 48.5 Å². The highest BCUT2D eigenvalue weighted by Gasteiger charge is 2.32. The maximum atomic E-state index is 13.6. The van der Waals surface area contributed by atoms with Gasteiger partial charge in [-0.05, 0) is 43.9 Å².